The predicted octanol–water partition coefficient (Wildman–Crippen LogP) is 17.7. The van der Waals surface area contributed by atoms with Crippen molar-refractivity contribution in [2.45, 2.75) is 138 Å². The van der Waals surface area contributed by atoms with E-state index in [0.29, 0.717) is 0 Å². The van der Waals surface area contributed by atoms with Crippen LogP contribution in [-0.2, 0) is 27.1 Å². The Kier molecular flexibility index (Phi) is 10.1. The van der Waals surface area contributed by atoms with E-state index in [2.05, 4.69) is 271 Å². The summed E-state index contributed by atoms with van der Waals surface area (Å²) in [5.41, 5.74) is 28.0. The van der Waals surface area contributed by atoms with Crippen LogP contribution in [0.1, 0.15) is 141 Å². The second kappa shape index (κ2) is 15.9. The molecule has 0 radical (unpaired) electrons. The van der Waals surface area contributed by atoms with Crippen LogP contribution in [-0.4, -0.2) is 11.3 Å². The molecule has 10 aromatic rings. The smallest absolute Gasteiger partial charge is 0.252 e. The molecule has 0 amide bonds. The fourth-order valence-corrected chi connectivity index (χ4v) is 13.4. The molecule has 4 nitrogen and oxygen atoms in total. The zero-order valence-corrected chi connectivity index (χ0v) is 47.7. The Balaban J connectivity index is 1.16. The Hall–Kier alpha value is -7.24. The molecule has 0 saturated carbocycles. The molecular formula is C71H72BN3O. The fraction of sp³-hybridized carbons (Fsp3) is 0.296. The average Bonchev–Trinajstić information content (AvgIpc) is 4.00. The van der Waals surface area contributed by atoms with Gasteiger partial charge in [0.1, 0.15) is 5.58 Å². The van der Waals surface area contributed by atoms with Crippen molar-refractivity contribution in [1.29, 1.82) is 0 Å². The normalized spacial score (nSPS) is 14.6. The van der Waals surface area contributed by atoms with E-state index in [1.54, 1.807) is 0 Å². The van der Waals surface area contributed by atoms with E-state index in [1.807, 2.05) is 0 Å². The number of fused-ring (bicyclic) bond motifs is 12. The molecule has 2 aliphatic heterocycles. The molecule has 0 N–H and O–H groups in total. The van der Waals surface area contributed by atoms with Gasteiger partial charge in [0.25, 0.3) is 6.71 Å². The molecular weight excluding hydrogens is 922 g/mol. The van der Waals surface area contributed by atoms with Crippen LogP contribution in [0.2, 0.25) is 0 Å². The Morgan fingerprint density at radius 1 is 0.487 bits per heavy atom. The van der Waals surface area contributed by atoms with Crippen LogP contribution in [0.4, 0.5) is 34.1 Å². The summed E-state index contributed by atoms with van der Waals surface area (Å²) in [5.74, 6) is 0. The van der Waals surface area contributed by atoms with Crippen molar-refractivity contribution in [2.75, 3.05) is 9.80 Å². The molecule has 0 saturated heterocycles. The lowest BCUT2D eigenvalue weighted by Crippen LogP contribution is -2.60. The summed E-state index contributed by atoms with van der Waals surface area (Å²) in [5, 5.41) is 3.60. The highest BCUT2D eigenvalue weighted by atomic mass is 16.3. The zero-order chi connectivity index (χ0) is 53.5. The van der Waals surface area contributed by atoms with Crippen LogP contribution in [0, 0.1) is 13.8 Å². The number of aryl methyl sites for hydroxylation is 2. The Bertz CT molecular complexity index is 4050. The summed E-state index contributed by atoms with van der Waals surface area (Å²) in [6, 6.07) is 56.5. The highest BCUT2D eigenvalue weighted by Gasteiger charge is 2.48. The van der Waals surface area contributed by atoms with E-state index in [9.17, 15) is 0 Å². The number of anilines is 6. The van der Waals surface area contributed by atoms with Gasteiger partial charge in [0.2, 0.25) is 0 Å². The van der Waals surface area contributed by atoms with Crippen molar-refractivity contribution in [2.24, 2.45) is 0 Å². The minimum absolute atomic E-state index is 0.0108. The Morgan fingerprint density at radius 2 is 1.08 bits per heavy atom. The lowest BCUT2D eigenvalue weighted by atomic mass is 9.33. The van der Waals surface area contributed by atoms with Gasteiger partial charge in [0.05, 0.1) is 11.4 Å². The van der Waals surface area contributed by atoms with E-state index in [1.165, 1.54) is 106 Å². The minimum atomic E-state index is -0.183. The van der Waals surface area contributed by atoms with Crippen molar-refractivity contribution in [3.8, 4) is 16.9 Å². The third-order valence-electron chi connectivity index (χ3n) is 17.6. The quantitative estimate of drug-likeness (QED) is 0.164. The minimum Gasteiger partial charge on any atom is -0.454 e. The van der Waals surface area contributed by atoms with Gasteiger partial charge in [-0.1, -0.05) is 194 Å². The molecule has 3 aliphatic rings. The Labute approximate surface area is 451 Å². The number of aromatic nitrogens is 1. The van der Waals surface area contributed by atoms with Crippen molar-refractivity contribution in [3.63, 3.8) is 0 Å². The summed E-state index contributed by atoms with van der Waals surface area (Å²) in [6.45, 7) is 37.2. The van der Waals surface area contributed by atoms with E-state index in [0.717, 1.165) is 39.0 Å². The van der Waals surface area contributed by atoms with Gasteiger partial charge in [-0.2, -0.15) is 0 Å². The SMILES string of the molecule is Cc1cc(C(C)(C)C)ccc1N(c1ccc2c(c1)N(c1cccc3c1oc1cc(C(C)(C)C)ccc13)c1cc(C(C)(C)C)cc3c1B2c1cccc2c4c(n-3c12)-c1ccccc1C4(C)C)c1ccc(C(C)(C)C)cc1C. The summed E-state index contributed by atoms with van der Waals surface area (Å²) in [7, 11) is 0. The van der Waals surface area contributed by atoms with Gasteiger partial charge in [0.15, 0.2) is 5.58 Å². The van der Waals surface area contributed by atoms with Gasteiger partial charge < -0.3 is 18.8 Å². The molecule has 380 valence electrons. The molecule has 8 aromatic carbocycles. The maximum absolute atomic E-state index is 7.28. The molecule has 0 fully saturated rings. The zero-order valence-electron chi connectivity index (χ0n) is 47.7. The Morgan fingerprint density at radius 3 is 1.72 bits per heavy atom. The summed E-state index contributed by atoms with van der Waals surface area (Å²) < 4.78 is 9.96. The molecule has 0 unspecified atom stereocenters. The highest BCUT2D eigenvalue weighted by Crippen LogP contribution is 2.56. The second-order valence-electron chi connectivity index (χ2n) is 27.2. The first kappa shape index (κ1) is 48.4. The van der Waals surface area contributed by atoms with Gasteiger partial charge in [-0.25, -0.2) is 0 Å². The second-order valence-corrected chi connectivity index (χ2v) is 27.2. The predicted molar refractivity (Wildman–Crippen MR) is 326 cm³/mol. The standard InChI is InChI=1S/C71H72BN3O/c1-41-35-43(67(3,4)5)28-33-55(41)73(56-34-29-44(36-42(56)2)68(6,7)8)47-30-32-53-58(40-47)74(57-26-20-22-49-48-31-27-45(69(9,10)11)39-61(48)76-66(49)57)59-37-46(70(12,13)14)38-60-63(59)72(53)54-25-19-23-51-62-65(75(60)64(51)54)50-21-17-18-24-52(50)71(62,15)16/h17-40H,1-16H3. The van der Waals surface area contributed by atoms with E-state index in [4.69, 9.17) is 4.42 Å². The largest absolute Gasteiger partial charge is 0.454 e. The lowest BCUT2D eigenvalue weighted by molar-refractivity contribution is 0.587. The third-order valence-corrected chi connectivity index (χ3v) is 17.6. The van der Waals surface area contributed by atoms with Gasteiger partial charge in [0, 0.05) is 66.8 Å². The van der Waals surface area contributed by atoms with E-state index < -0.39 is 0 Å². The van der Waals surface area contributed by atoms with Crippen molar-refractivity contribution >= 4 is 90.1 Å². The molecule has 13 rings (SSSR count). The van der Waals surface area contributed by atoms with Crippen LogP contribution in [0.15, 0.2) is 150 Å². The van der Waals surface area contributed by atoms with E-state index >= 15 is 0 Å². The van der Waals surface area contributed by atoms with Gasteiger partial charge in [-0.05, 0) is 145 Å². The number of rotatable bonds is 4. The molecule has 76 heavy (non-hydrogen) atoms. The van der Waals surface area contributed by atoms with Crippen LogP contribution in [0.25, 0.3) is 49.8 Å². The molecule has 5 heteroatoms. The lowest BCUT2D eigenvalue weighted by Gasteiger charge is -2.42. The summed E-state index contributed by atoms with van der Waals surface area (Å²) >= 11 is 0. The first-order chi connectivity index (χ1) is 35.8. The van der Waals surface area contributed by atoms with Crippen LogP contribution >= 0.6 is 0 Å². The number of para-hydroxylation sites is 2. The molecule has 2 aromatic heterocycles. The van der Waals surface area contributed by atoms with Crippen molar-refractivity contribution in [1.82, 2.24) is 4.57 Å². The first-order valence-electron chi connectivity index (χ1n) is 27.7. The molecule has 4 heterocycles. The topological polar surface area (TPSA) is 24.6 Å². The number of furan rings is 1. The summed E-state index contributed by atoms with van der Waals surface area (Å²) in [6.07, 6.45) is 0. The summed E-state index contributed by atoms with van der Waals surface area (Å²) in [4.78, 5) is 5.12. The molecule has 0 bridgehead atoms. The van der Waals surface area contributed by atoms with Gasteiger partial charge >= 0.3 is 0 Å². The molecule has 0 spiro atoms. The molecule has 1 aliphatic carbocycles. The number of hydrogen-bond acceptors (Lipinski definition) is 3. The average molecular weight is 994 g/mol. The molecule has 0 atom stereocenters. The van der Waals surface area contributed by atoms with Crippen LogP contribution in [0.5, 0.6) is 0 Å². The maximum atomic E-state index is 7.28. The maximum Gasteiger partial charge on any atom is 0.252 e. The van der Waals surface area contributed by atoms with Crippen LogP contribution < -0.4 is 26.2 Å². The third kappa shape index (κ3) is 6.95. The fourth-order valence-electron chi connectivity index (χ4n) is 13.4. The number of benzene rings is 8. The number of nitrogens with zero attached hydrogens (tertiary/aromatic N) is 3. The monoisotopic (exact) mass is 994 g/mol. The highest BCUT2D eigenvalue weighted by molar-refractivity contribution is 7.00. The van der Waals surface area contributed by atoms with Crippen LogP contribution in [0.3, 0.4) is 0 Å². The van der Waals surface area contributed by atoms with Gasteiger partial charge in [-0.15, -0.1) is 0 Å². The van der Waals surface area contributed by atoms with Crippen molar-refractivity contribution < 1.29 is 4.42 Å². The number of hydrogen-bond donors (Lipinski definition) is 0. The van der Waals surface area contributed by atoms with Crippen molar-refractivity contribution in [3.05, 3.63) is 190 Å². The van der Waals surface area contributed by atoms with Gasteiger partial charge in [-0.3, -0.25) is 0 Å². The van der Waals surface area contributed by atoms with E-state index in [-0.39, 0.29) is 33.8 Å². The first-order valence-corrected chi connectivity index (χ1v) is 27.7.